The second kappa shape index (κ2) is 3.90. The SMILES string of the molecule is CC(C)N1C(=O)CC2=C1CCCC(C)(C)C2. The van der Waals surface area contributed by atoms with Gasteiger partial charge in [0.25, 0.3) is 0 Å². The van der Waals surface area contributed by atoms with Gasteiger partial charge in [0.15, 0.2) is 0 Å². The van der Waals surface area contributed by atoms with E-state index in [0.717, 1.165) is 12.8 Å². The molecule has 1 amide bonds. The van der Waals surface area contributed by atoms with Crippen LogP contribution in [0.15, 0.2) is 11.3 Å². The summed E-state index contributed by atoms with van der Waals surface area (Å²) >= 11 is 0. The highest BCUT2D eigenvalue weighted by atomic mass is 16.2. The summed E-state index contributed by atoms with van der Waals surface area (Å²) in [5, 5.41) is 0. The molecule has 0 saturated heterocycles. The number of nitrogens with zero attached hydrogens (tertiary/aromatic N) is 1. The van der Waals surface area contributed by atoms with Gasteiger partial charge in [-0.25, -0.2) is 0 Å². The Morgan fingerprint density at radius 1 is 1.31 bits per heavy atom. The molecule has 0 aromatic rings. The zero-order valence-electron chi connectivity index (χ0n) is 11.0. The van der Waals surface area contributed by atoms with Gasteiger partial charge in [-0.1, -0.05) is 13.8 Å². The van der Waals surface area contributed by atoms with Crippen molar-refractivity contribution in [1.82, 2.24) is 4.90 Å². The Kier molecular flexibility index (Phi) is 2.85. The first-order valence-corrected chi connectivity index (χ1v) is 6.44. The van der Waals surface area contributed by atoms with E-state index in [-0.39, 0.29) is 0 Å². The van der Waals surface area contributed by atoms with Gasteiger partial charge in [0, 0.05) is 11.7 Å². The maximum atomic E-state index is 12.0. The first-order chi connectivity index (χ1) is 7.41. The summed E-state index contributed by atoms with van der Waals surface area (Å²) in [5.41, 5.74) is 3.15. The molecule has 0 fully saturated rings. The average molecular weight is 221 g/mol. The summed E-state index contributed by atoms with van der Waals surface area (Å²) in [6.45, 7) is 8.88. The molecule has 0 atom stereocenters. The Hall–Kier alpha value is -0.790. The molecular formula is C14H23NO. The van der Waals surface area contributed by atoms with Gasteiger partial charge in [-0.15, -0.1) is 0 Å². The van der Waals surface area contributed by atoms with E-state index in [0.29, 0.717) is 23.8 Å². The highest BCUT2D eigenvalue weighted by molar-refractivity contribution is 5.84. The van der Waals surface area contributed by atoms with Crippen LogP contribution in [0.5, 0.6) is 0 Å². The third-order valence-corrected chi connectivity index (χ3v) is 3.81. The van der Waals surface area contributed by atoms with E-state index in [9.17, 15) is 4.79 Å². The predicted molar refractivity (Wildman–Crippen MR) is 65.9 cm³/mol. The molecule has 2 nitrogen and oxygen atoms in total. The molecule has 0 unspecified atom stereocenters. The molecule has 2 rings (SSSR count). The molecule has 0 N–H and O–H groups in total. The van der Waals surface area contributed by atoms with Gasteiger partial charge < -0.3 is 4.90 Å². The van der Waals surface area contributed by atoms with E-state index in [1.807, 2.05) is 4.90 Å². The third kappa shape index (κ3) is 2.02. The van der Waals surface area contributed by atoms with Crippen molar-refractivity contribution in [2.45, 2.75) is 65.8 Å². The Bertz CT molecular complexity index is 339. The molecule has 1 aliphatic heterocycles. The molecule has 0 aromatic carbocycles. The number of hydrogen-bond donors (Lipinski definition) is 0. The quantitative estimate of drug-likeness (QED) is 0.664. The number of rotatable bonds is 1. The molecule has 0 bridgehead atoms. The molecule has 2 heteroatoms. The summed E-state index contributed by atoms with van der Waals surface area (Å²) in [7, 11) is 0. The van der Waals surface area contributed by atoms with E-state index in [1.54, 1.807) is 0 Å². The second-order valence-electron chi connectivity index (χ2n) is 6.28. The monoisotopic (exact) mass is 221 g/mol. The van der Waals surface area contributed by atoms with Crippen LogP contribution in [-0.2, 0) is 4.79 Å². The summed E-state index contributed by atoms with van der Waals surface area (Å²) in [6.07, 6.45) is 5.39. The van der Waals surface area contributed by atoms with Gasteiger partial charge in [-0.3, -0.25) is 4.79 Å². The van der Waals surface area contributed by atoms with Crippen LogP contribution in [-0.4, -0.2) is 16.8 Å². The number of carbonyl (C=O) groups excluding carboxylic acids is 1. The first-order valence-electron chi connectivity index (χ1n) is 6.44. The van der Waals surface area contributed by atoms with E-state index in [2.05, 4.69) is 27.7 Å². The summed E-state index contributed by atoms with van der Waals surface area (Å²) in [4.78, 5) is 14.0. The largest absolute Gasteiger partial charge is 0.313 e. The lowest BCUT2D eigenvalue weighted by molar-refractivity contribution is -0.128. The van der Waals surface area contributed by atoms with Crippen LogP contribution in [0, 0.1) is 5.41 Å². The van der Waals surface area contributed by atoms with E-state index in [4.69, 9.17) is 0 Å². The van der Waals surface area contributed by atoms with Crippen LogP contribution in [0.2, 0.25) is 0 Å². The molecule has 1 aliphatic carbocycles. The summed E-state index contributed by atoms with van der Waals surface area (Å²) in [6, 6.07) is 0.321. The van der Waals surface area contributed by atoms with Gasteiger partial charge in [-0.05, 0) is 50.5 Å². The minimum Gasteiger partial charge on any atom is -0.313 e. The highest BCUT2D eigenvalue weighted by Gasteiger charge is 2.35. The second-order valence-corrected chi connectivity index (χ2v) is 6.28. The molecule has 0 radical (unpaired) electrons. The van der Waals surface area contributed by atoms with Crippen molar-refractivity contribution in [2.24, 2.45) is 5.41 Å². The van der Waals surface area contributed by atoms with Crippen molar-refractivity contribution < 1.29 is 4.79 Å². The van der Waals surface area contributed by atoms with Gasteiger partial charge in [0.1, 0.15) is 0 Å². The van der Waals surface area contributed by atoms with Crippen molar-refractivity contribution in [3.8, 4) is 0 Å². The van der Waals surface area contributed by atoms with Crippen LogP contribution in [0.4, 0.5) is 0 Å². The van der Waals surface area contributed by atoms with Crippen molar-refractivity contribution in [2.75, 3.05) is 0 Å². The Labute approximate surface area is 98.7 Å². The topological polar surface area (TPSA) is 20.3 Å². The fraction of sp³-hybridized carbons (Fsp3) is 0.786. The van der Waals surface area contributed by atoms with Crippen LogP contribution in [0.25, 0.3) is 0 Å². The Balaban J connectivity index is 2.29. The minimum absolute atomic E-state index is 0.317. The lowest BCUT2D eigenvalue weighted by Crippen LogP contribution is -2.32. The Morgan fingerprint density at radius 2 is 2.00 bits per heavy atom. The third-order valence-electron chi connectivity index (χ3n) is 3.81. The van der Waals surface area contributed by atoms with Gasteiger partial charge in [0.05, 0.1) is 6.42 Å². The fourth-order valence-electron chi connectivity index (χ4n) is 3.15. The standard InChI is InChI=1S/C14H23NO/c1-10(2)15-12-6-5-7-14(3,4)9-11(12)8-13(15)16/h10H,5-9H2,1-4H3. The molecule has 90 valence electrons. The number of hydrogen-bond acceptors (Lipinski definition) is 1. The molecule has 0 aromatic heterocycles. The van der Waals surface area contributed by atoms with E-state index < -0.39 is 0 Å². The normalized spacial score (nSPS) is 25.1. The van der Waals surface area contributed by atoms with Crippen LogP contribution < -0.4 is 0 Å². The van der Waals surface area contributed by atoms with Gasteiger partial charge in [-0.2, -0.15) is 0 Å². The first kappa shape index (κ1) is 11.7. The maximum absolute atomic E-state index is 12.0. The lowest BCUT2D eigenvalue weighted by atomic mass is 9.82. The summed E-state index contributed by atoms with van der Waals surface area (Å²) < 4.78 is 0. The van der Waals surface area contributed by atoms with E-state index >= 15 is 0 Å². The zero-order chi connectivity index (χ0) is 11.9. The van der Waals surface area contributed by atoms with Crippen molar-refractivity contribution in [3.05, 3.63) is 11.3 Å². The molecule has 0 spiro atoms. The van der Waals surface area contributed by atoms with Crippen molar-refractivity contribution in [3.63, 3.8) is 0 Å². The molecule has 1 heterocycles. The lowest BCUT2D eigenvalue weighted by Gasteiger charge is -2.24. The van der Waals surface area contributed by atoms with Crippen LogP contribution in [0.3, 0.4) is 0 Å². The van der Waals surface area contributed by atoms with Gasteiger partial charge in [0.2, 0.25) is 5.91 Å². The average Bonchev–Trinajstić information content (AvgIpc) is 2.33. The zero-order valence-corrected chi connectivity index (χ0v) is 11.0. The van der Waals surface area contributed by atoms with Crippen LogP contribution >= 0.6 is 0 Å². The minimum atomic E-state index is 0.317. The number of amides is 1. The van der Waals surface area contributed by atoms with Gasteiger partial charge >= 0.3 is 0 Å². The van der Waals surface area contributed by atoms with Crippen LogP contribution in [0.1, 0.15) is 59.8 Å². The number of allylic oxidation sites excluding steroid dienone is 1. The van der Waals surface area contributed by atoms with Crippen molar-refractivity contribution in [1.29, 1.82) is 0 Å². The predicted octanol–water partition coefficient (Wildman–Crippen LogP) is 3.48. The smallest absolute Gasteiger partial charge is 0.231 e. The number of carbonyl (C=O) groups is 1. The maximum Gasteiger partial charge on any atom is 0.231 e. The molecule has 16 heavy (non-hydrogen) atoms. The van der Waals surface area contributed by atoms with Crippen molar-refractivity contribution >= 4 is 5.91 Å². The summed E-state index contributed by atoms with van der Waals surface area (Å²) in [5.74, 6) is 0.317. The molecule has 2 aliphatic rings. The highest BCUT2D eigenvalue weighted by Crippen LogP contribution is 2.42. The molecule has 0 saturated carbocycles. The molecular weight excluding hydrogens is 198 g/mol. The Morgan fingerprint density at radius 3 is 2.62 bits per heavy atom. The van der Waals surface area contributed by atoms with E-state index in [1.165, 1.54) is 24.1 Å². The fourth-order valence-corrected chi connectivity index (χ4v) is 3.15.